The zero-order valence-corrected chi connectivity index (χ0v) is 12.9. The number of carbonyl (C=O) groups is 1. The lowest BCUT2D eigenvalue weighted by molar-refractivity contribution is -0.136. The zero-order valence-electron chi connectivity index (χ0n) is 12.9. The Morgan fingerprint density at radius 2 is 1.90 bits per heavy atom. The first-order valence-corrected chi connectivity index (χ1v) is 7.48. The van der Waals surface area contributed by atoms with Crippen molar-refractivity contribution >= 4 is 5.91 Å². The van der Waals surface area contributed by atoms with Gasteiger partial charge in [0.05, 0.1) is 6.61 Å². The molecule has 1 aromatic rings. The molecule has 0 fully saturated rings. The number of benzene rings is 1. The highest BCUT2D eigenvalue weighted by molar-refractivity contribution is 5.78. The first kappa shape index (κ1) is 17.5. The molecule has 0 saturated heterocycles. The van der Waals surface area contributed by atoms with E-state index < -0.39 is 0 Å². The predicted octanol–water partition coefficient (Wildman–Crippen LogP) is 1.53. The largest absolute Gasteiger partial charge is 0.484 e. The van der Waals surface area contributed by atoms with Gasteiger partial charge in [-0.15, -0.1) is 0 Å². The lowest BCUT2D eigenvalue weighted by Gasteiger charge is -2.30. The summed E-state index contributed by atoms with van der Waals surface area (Å²) in [5.74, 6) is 0.551. The fourth-order valence-corrected chi connectivity index (χ4v) is 2.30. The number of nitrogens with two attached hydrogens (primary N) is 1. The summed E-state index contributed by atoms with van der Waals surface area (Å²) in [4.78, 5) is 14.0. The van der Waals surface area contributed by atoms with Gasteiger partial charge in [0.15, 0.2) is 6.61 Å². The van der Waals surface area contributed by atoms with Crippen molar-refractivity contribution in [2.75, 3.05) is 19.8 Å². The molecule has 0 aliphatic carbocycles. The average Bonchev–Trinajstić information content (AvgIpc) is 2.53. The van der Waals surface area contributed by atoms with E-state index in [4.69, 9.17) is 15.6 Å². The molecule has 0 aliphatic heterocycles. The molecule has 5 heteroatoms. The van der Waals surface area contributed by atoms with Crippen molar-refractivity contribution in [1.29, 1.82) is 0 Å². The molecule has 0 bridgehead atoms. The van der Waals surface area contributed by atoms with E-state index in [1.165, 1.54) is 0 Å². The van der Waals surface area contributed by atoms with E-state index in [1.807, 2.05) is 38.1 Å². The lowest BCUT2D eigenvalue weighted by atomic mass is 10.1. The number of amides is 1. The van der Waals surface area contributed by atoms with Gasteiger partial charge in [-0.05, 0) is 30.5 Å². The lowest BCUT2D eigenvalue weighted by Crippen LogP contribution is -2.44. The third kappa shape index (κ3) is 5.36. The minimum atomic E-state index is -0.0966. The summed E-state index contributed by atoms with van der Waals surface area (Å²) in [7, 11) is 0. The highest BCUT2D eigenvalue weighted by atomic mass is 16.5. The van der Waals surface area contributed by atoms with Crippen LogP contribution in [0.2, 0.25) is 0 Å². The molecule has 21 heavy (non-hydrogen) atoms. The Bertz CT molecular complexity index is 416. The molecular formula is C16H26N2O3. The van der Waals surface area contributed by atoms with Gasteiger partial charge in [-0.3, -0.25) is 4.79 Å². The van der Waals surface area contributed by atoms with E-state index in [0.29, 0.717) is 18.8 Å². The van der Waals surface area contributed by atoms with E-state index in [-0.39, 0.29) is 25.2 Å². The Balaban J connectivity index is 2.59. The molecule has 3 N–H and O–H groups in total. The molecule has 1 rings (SSSR count). The number of carbonyl (C=O) groups excluding carboxylic acids is 1. The molecular weight excluding hydrogens is 268 g/mol. The van der Waals surface area contributed by atoms with Crippen LogP contribution in [0.25, 0.3) is 0 Å². The molecule has 118 valence electrons. The van der Waals surface area contributed by atoms with Gasteiger partial charge in [0, 0.05) is 19.1 Å². The van der Waals surface area contributed by atoms with Gasteiger partial charge in [0.1, 0.15) is 5.75 Å². The molecule has 0 heterocycles. The average molecular weight is 294 g/mol. The number of rotatable bonds is 9. The van der Waals surface area contributed by atoms with Crippen LogP contribution in [0.1, 0.15) is 32.3 Å². The number of nitrogens with zero attached hydrogens (tertiary/aromatic N) is 1. The summed E-state index contributed by atoms with van der Waals surface area (Å²) < 4.78 is 5.52. The SMILES string of the molecule is CCC(CC)N(CCO)C(=O)COc1ccc(CN)cc1. The number of aliphatic hydroxyl groups is 1. The molecule has 0 spiro atoms. The number of hydrogen-bond acceptors (Lipinski definition) is 4. The topological polar surface area (TPSA) is 75.8 Å². The van der Waals surface area contributed by atoms with Crippen LogP contribution >= 0.6 is 0 Å². The summed E-state index contributed by atoms with van der Waals surface area (Å²) in [6.45, 7) is 4.86. The van der Waals surface area contributed by atoms with E-state index in [0.717, 1.165) is 18.4 Å². The van der Waals surface area contributed by atoms with Crippen LogP contribution in [0, 0.1) is 0 Å². The molecule has 1 aromatic carbocycles. The minimum Gasteiger partial charge on any atom is -0.484 e. The monoisotopic (exact) mass is 294 g/mol. The van der Waals surface area contributed by atoms with Gasteiger partial charge in [-0.1, -0.05) is 26.0 Å². The molecule has 0 atom stereocenters. The number of ether oxygens (including phenoxy) is 1. The minimum absolute atomic E-state index is 0.0154. The Kier molecular flexibility index (Phi) is 7.79. The quantitative estimate of drug-likeness (QED) is 0.724. The normalized spacial score (nSPS) is 10.7. The molecule has 5 nitrogen and oxygen atoms in total. The summed E-state index contributed by atoms with van der Waals surface area (Å²) >= 11 is 0. The van der Waals surface area contributed by atoms with Crippen LogP contribution in [-0.4, -0.2) is 41.7 Å². The van der Waals surface area contributed by atoms with Crippen LogP contribution < -0.4 is 10.5 Å². The van der Waals surface area contributed by atoms with Crippen LogP contribution in [0.15, 0.2) is 24.3 Å². The standard InChI is InChI=1S/C16H26N2O3/c1-3-14(4-2)18(9-10-19)16(20)12-21-15-7-5-13(11-17)6-8-15/h5-8,14,19H,3-4,9-12,17H2,1-2H3. The van der Waals surface area contributed by atoms with Crippen molar-refractivity contribution in [2.24, 2.45) is 5.73 Å². The first-order chi connectivity index (χ1) is 10.2. The Morgan fingerprint density at radius 1 is 1.29 bits per heavy atom. The molecule has 0 aromatic heterocycles. The summed E-state index contributed by atoms with van der Waals surface area (Å²) in [6, 6.07) is 7.53. The van der Waals surface area contributed by atoms with Gasteiger partial charge < -0.3 is 20.5 Å². The fourth-order valence-electron chi connectivity index (χ4n) is 2.30. The molecule has 0 saturated carbocycles. The van der Waals surface area contributed by atoms with Crippen LogP contribution in [0.4, 0.5) is 0 Å². The van der Waals surface area contributed by atoms with Gasteiger partial charge in [-0.25, -0.2) is 0 Å². The van der Waals surface area contributed by atoms with Crippen molar-refractivity contribution in [3.8, 4) is 5.75 Å². The van der Waals surface area contributed by atoms with Crippen molar-refractivity contribution in [3.63, 3.8) is 0 Å². The molecule has 0 unspecified atom stereocenters. The van der Waals surface area contributed by atoms with Gasteiger partial charge in [-0.2, -0.15) is 0 Å². The zero-order chi connectivity index (χ0) is 15.7. The maximum Gasteiger partial charge on any atom is 0.260 e. The van der Waals surface area contributed by atoms with Gasteiger partial charge >= 0.3 is 0 Å². The highest BCUT2D eigenvalue weighted by Crippen LogP contribution is 2.13. The van der Waals surface area contributed by atoms with E-state index in [1.54, 1.807) is 4.90 Å². The second-order valence-electron chi connectivity index (χ2n) is 4.92. The summed E-state index contributed by atoms with van der Waals surface area (Å²) in [5.41, 5.74) is 6.55. The molecule has 1 amide bonds. The fraction of sp³-hybridized carbons (Fsp3) is 0.562. The second kappa shape index (κ2) is 9.37. The van der Waals surface area contributed by atoms with Gasteiger partial charge in [0.25, 0.3) is 5.91 Å². The van der Waals surface area contributed by atoms with Crippen molar-refractivity contribution in [3.05, 3.63) is 29.8 Å². The van der Waals surface area contributed by atoms with E-state index in [2.05, 4.69) is 0 Å². The van der Waals surface area contributed by atoms with Crippen molar-refractivity contribution < 1.29 is 14.6 Å². The maximum atomic E-state index is 12.3. The highest BCUT2D eigenvalue weighted by Gasteiger charge is 2.20. The molecule has 0 aliphatic rings. The van der Waals surface area contributed by atoms with Crippen molar-refractivity contribution in [1.82, 2.24) is 4.90 Å². The van der Waals surface area contributed by atoms with Crippen molar-refractivity contribution in [2.45, 2.75) is 39.3 Å². The van der Waals surface area contributed by atoms with E-state index >= 15 is 0 Å². The number of hydrogen-bond donors (Lipinski definition) is 2. The Hall–Kier alpha value is -1.59. The predicted molar refractivity (Wildman–Crippen MR) is 83.0 cm³/mol. The molecule has 0 radical (unpaired) electrons. The first-order valence-electron chi connectivity index (χ1n) is 7.48. The summed E-state index contributed by atoms with van der Waals surface area (Å²) in [6.07, 6.45) is 1.74. The third-order valence-corrected chi connectivity index (χ3v) is 3.57. The Labute approximate surface area is 126 Å². The Morgan fingerprint density at radius 3 is 2.38 bits per heavy atom. The van der Waals surface area contributed by atoms with Crippen LogP contribution in [0.5, 0.6) is 5.75 Å². The van der Waals surface area contributed by atoms with Crippen LogP contribution in [-0.2, 0) is 11.3 Å². The van der Waals surface area contributed by atoms with E-state index in [9.17, 15) is 4.79 Å². The smallest absolute Gasteiger partial charge is 0.260 e. The third-order valence-electron chi connectivity index (χ3n) is 3.57. The summed E-state index contributed by atoms with van der Waals surface area (Å²) in [5, 5.41) is 9.12. The number of aliphatic hydroxyl groups excluding tert-OH is 1. The second-order valence-corrected chi connectivity index (χ2v) is 4.92. The maximum absolute atomic E-state index is 12.3. The van der Waals surface area contributed by atoms with Crippen LogP contribution in [0.3, 0.4) is 0 Å². The van der Waals surface area contributed by atoms with Gasteiger partial charge in [0.2, 0.25) is 0 Å².